The smallest absolute Gasteiger partial charge is 0.669 e. The first-order valence-electron chi connectivity index (χ1n) is 16.1. The average Bonchev–Trinajstić information content (AvgIpc) is 3.87. The molecule has 238 valence electrons. The number of benzene rings is 2. The van der Waals surface area contributed by atoms with Gasteiger partial charge in [0.25, 0.3) is 0 Å². The van der Waals surface area contributed by atoms with Gasteiger partial charge in [-0.2, -0.15) is 0 Å². The fraction of sp³-hybridized carbons (Fsp3) is 0.576. The van der Waals surface area contributed by atoms with Crippen LogP contribution in [0.4, 0.5) is 0 Å². The molecule has 8 atom stereocenters. The minimum Gasteiger partial charge on any atom is -0.669 e. The zero-order chi connectivity index (χ0) is 31.8. The summed E-state index contributed by atoms with van der Waals surface area (Å²) >= 11 is 0. The maximum absolute atomic E-state index is 12.4. The SMILES string of the molecule is CC1(C)OC(=O)c2cccc([C@@H]3C[C@@H]3B3OC4CC5CC(C5(C)C)[C@]4(C)O3)c2O1.O=C(O)c1cccc2c1O[B-](O)(O)[C@H]1C[C@@H]21.[Na+].[Na+]. The van der Waals surface area contributed by atoms with Gasteiger partial charge in [-0.3, -0.25) is 0 Å². The number of rotatable bonds is 3. The number of fused-ring (bicyclic) bond motifs is 4. The summed E-state index contributed by atoms with van der Waals surface area (Å²) < 4.78 is 29.7. The van der Waals surface area contributed by atoms with E-state index in [1.165, 1.54) is 12.5 Å². The zero-order valence-electron chi connectivity index (χ0n) is 28.2. The summed E-state index contributed by atoms with van der Waals surface area (Å²) in [5, 5.41) is 28.3. The quantitative estimate of drug-likeness (QED) is 0.281. The summed E-state index contributed by atoms with van der Waals surface area (Å²) in [5.74, 6) is 0.0821. The van der Waals surface area contributed by atoms with Crippen LogP contribution in [0.5, 0.6) is 11.5 Å². The van der Waals surface area contributed by atoms with Crippen molar-refractivity contribution in [2.45, 2.75) is 101 Å². The van der Waals surface area contributed by atoms with Crippen LogP contribution in [0, 0.1) is 17.3 Å². The first kappa shape index (κ1) is 35.8. The van der Waals surface area contributed by atoms with E-state index in [9.17, 15) is 19.6 Å². The van der Waals surface area contributed by atoms with E-state index in [2.05, 4.69) is 26.8 Å². The predicted octanol–water partition coefficient (Wildman–Crippen LogP) is -0.876. The van der Waals surface area contributed by atoms with Crippen molar-refractivity contribution >= 4 is 25.8 Å². The van der Waals surface area contributed by atoms with Crippen molar-refractivity contribution < 1.29 is 107 Å². The largest absolute Gasteiger partial charge is 1.00 e. The molecule has 3 unspecified atom stereocenters. The van der Waals surface area contributed by atoms with Crippen molar-refractivity contribution in [3.63, 3.8) is 0 Å². The number of carbonyl (C=O) groups is 2. The van der Waals surface area contributed by atoms with E-state index in [-0.39, 0.29) is 107 Å². The van der Waals surface area contributed by atoms with Gasteiger partial charge in [0.1, 0.15) is 11.3 Å². The maximum atomic E-state index is 12.4. The van der Waals surface area contributed by atoms with Crippen LogP contribution in [-0.4, -0.2) is 58.5 Å². The molecule has 3 heterocycles. The van der Waals surface area contributed by atoms with Crippen LogP contribution >= 0.6 is 0 Å². The van der Waals surface area contributed by atoms with Crippen molar-refractivity contribution in [2.24, 2.45) is 17.3 Å². The Morgan fingerprint density at radius 3 is 2.26 bits per heavy atom. The number of hydrogen-bond acceptors (Lipinski definition) is 9. The van der Waals surface area contributed by atoms with E-state index in [1.807, 2.05) is 6.07 Å². The van der Waals surface area contributed by atoms with Crippen LogP contribution in [0.3, 0.4) is 0 Å². The van der Waals surface area contributed by atoms with Gasteiger partial charge in [0, 0.05) is 19.7 Å². The summed E-state index contributed by atoms with van der Waals surface area (Å²) in [6.07, 6.45) is 4.23. The molecule has 5 aliphatic carbocycles. The van der Waals surface area contributed by atoms with E-state index in [0.717, 1.165) is 29.9 Å². The Morgan fingerprint density at radius 1 is 0.894 bits per heavy atom. The molecule has 0 spiro atoms. The van der Waals surface area contributed by atoms with Crippen LogP contribution in [0.2, 0.25) is 11.6 Å². The van der Waals surface area contributed by atoms with E-state index in [1.54, 1.807) is 32.0 Å². The molecule has 10 rings (SSSR count). The summed E-state index contributed by atoms with van der Waals surface area (Å²) in [4.78, 5) is 23.4. The molecule has 5 saturated carbocycles. The molecule has 1 saturated heterocycles. The van der Waals surface area contributed by atoms with Gasteiger partial charge in [-0.25, -0.2) is 9.59 Å². The third-order valence-electron chi connectivity index (χ3n) is 11.9. The Labute approximate surface area is 319 Å². The molecule has 2 bridgehead atoms. The van der Waals surface area contributed by atoms with E-state index >= 15 is 0 Å². The predicted molar refractivity (Wildman–Crippen MR) is 163 cm³/mol. The second kappa shape index (κ2) is 11.8. The van der Waals surface area contributed by atoms with Gasteiger partial charge in [-0.05, 0) is 78.5 Å². The standard InChI is InChI=1S/C23H29BO5.C10H10BO5.2Na/c1-21(2)12-9-17(21)23(5)18(10-12)28-24(29-23)16-11-15(16)13-7-6-8-14-19(13)26-22(3,4)27-20(14)25;12-10(13)6-3-1-2-5-7-4-8(7)11(14,15)16-9(5)6;;/h6-8,12,15-18H,9-11H2,1-5H3;1-3,7-8,14-15H,4H2,(H,12,13);;/q;-1;2*+1/t12?,15-,16-,17?,18?,23-;7-,8-;;/m00../s1. The van der Waals surface area contributed by atoms with Crippen LogP contribution in [0.1, 0.15) is 104 Å². The molecule has 2 aromatic rings. The molecule has 0 amide bonds. The molecule has 3 aliphatic heterocycles. The first-order valence-corrected chi connectivity index (χ1v) is 16.1. The summed E-state index contributed by atoms with van der Waals surface area (Å²) in [5.41, 5.74) is 2.53. The number of hydrogen-bond donors (Lipinski definition) is 3. The minimum absolute atomic E-state index is 0. The fourth-order valence-corrected chi connectivity index (χ4v) is 9.08. The number of para-hydroxylation sites is 2. The molecule has 3 N–H and O–H groups in total. The second-order valence-electron chi connectivity index (χ2n) is 15.4. The third kappa shape index (κ3) is 5.67. The Balaban J connectivity index is 0.000000183. The topological polar surface area (TPSA) is 141 Å². The monoisotopic (exact) mass is 663 g/mol. The van der Waals surface area contributed by atoms with Crippen LogP contribution < -0.4 is 68.5 Å². The molecule has 47 heavy (non-hydrogen) atoms. The average molecular weight is 663 g/mol. The van der Waals surface area contributed by atoms with Gasteiger partial charge in [0.05, 0.1) is 23.0 Å². The fourth-order valence-electron chi connectivity index (χ4n) is 9.08. The van der Waals surface area contributed by atoms with E-state index in [4.69, 9.17) is 28.5 Å². The van der Waals surface area contributed by atoms with Crippen LogP contribution in [-0.2, 0) is 14.0 Å². The molecular weight excluding hydrogens is 624 g/mol. The molecular formula is C33H39B2Na2O10+. The minimum atomic E-state index is -2.90. The molecule has 10 nitrogen and oxygen atoms in total. The number of ether oxygens (including phenoxy) is 2. The molecule has 8 aliphatic rings. The van der Waals surface area contributed by atoms with Crippen molar-refractivity contribution in [3.8, 4) is 11.5 Å². The van der Waals surface area contributed by atoms with Crippen molar-refractivity contribution in [1.82, 2.24) is 0 Å². The summed E-state index contributed by atoms with van der Waals surface area (Å²) in [6.45, 7) is 7.69. The number of cyclic esters (lactones) is 1. The van der Waals surface area contributed by atoms with Crippen LogP contribution in [0.25, 0.3) is 0 Å². The second-order valence-corrected chi connectivity index (χ2v) is 15.4. The van der Waals surface area contributed by atoms with Gasteiger partial charge in [0.2, 0.25) is 5.79 Å². The molecule has 6 fully saturated rings. The van der Waals surface area contributed by atoms with Gasteiger partial charge < -0.3 is 38.6 Å². The van der Waals surface area contributed by atoms with E-state index in [0.29, 0.717) is 40.8 Å². The number of aromatic carboxylic acids is 1. The van der Waals surface area contributed by atoms with Gasteiger partial charge in [0.15, 0.2) is 0 Å². The van der Waals surface area contributed by atoms with Crippen LogP contribution in [0.15, 0.2) is 36.4 Å². The third-order valence-corrected chi connectivity index (χ3v) is 11.9. The summed E-state index contributed by atoms with van der Waals surface area (Å²) in [6, 6.07) is 10.6. The number of carboxylic acids is 1. The Morgan fingerprint density at radius 2 is 1.57 bits per heavy atom. The first-order chi connectivity index (χ1) is 21.1. The number of carboxylic acid groups (broad SMARTS) is 1. The summed E-state index contributed by atoms with van der Waals surface area (Å²) in [7, 11) is -0.162. The van der Waals surface area contributed by atoms with E-state index < -0.39 is 18.5 Å². The molecule has 0 aromatic heterocycles. The van der Waals surface area contributed by atoms with Crippen molar-refractivity contribution in [3.05, 3.63) is 58.7 Å². The number of esters is 1. The molecule has 14 heteroatoms. The normalized spacial score (nSPS) is 36.2. The van der Waals surface area contributed by atoms with Gasteiger partial charge in [-0.15, -0.1) is 0 Å². The Bertz CT molecular complexity index is 1630. The maximum Gasteiger partial charge on any atom is 1.00 e. The van der Waals surface area contributed by atoms with Crippen molar-refractivity contribution in [2.75, 3.05) is 0 Å². The molecule has 2 aromatic carbocycles. The Hall–Kier alpha value is -1.05. The van der Waals surface area contributed by atoms with Gasteiger partial charge >= 0.3 is 84.9 Å². The Kier molecular flexibility index (Phi) is 8.94. The van der Waals surface area contributed by atoms with Crippen molar-refractivity contribution in [1.29, 1.82) is 0 Å². The van der Waals surface area contributed by atoms with Gasteiger partial charge in [-0.1, -0.05) is 50.4 Å². The number of carbonyl (C=O) groups excluding carboxylic acids is 1. The zero-order valence-corrected chi connectivity index (χ0v) is 32.2. The molecule has 0 radical (unpaired) electrons.